The summed E-state index contributed by atoms with van der Waals surface area (Å²) in [6, 6.07) is 2.01. The van der Waals surface area contributed by atoms with E-state index in [9.17, 15) is 17.2 Å². The predicted octanol–water partition coefficient (Wildman–Crippen LogP) is 1.42. The van der Waals surface area contributed by atoms with Crippen molar-refractivity contribution in [3.63, 3.8) is 0 Å². The number of nitrogens with one attached hydrogen (secondary N) is 2. The first-order valence-electron chi connectivity index (χ1n) is 5.66. The molecule has 0 bridgehead atoms. The van der Waals surface area contributed by atoms with Gasteiger partial charge < -0.3 is 5.32 Å². The van der Waals surface area contributed by atoms with Crippen molar-refractivity contribution in [3.8, 4) is 0 Å². The molecule has 0 spiro atoms. The van der Waals surface area contributed by atoms with Crippen LogP contribution in [0.5, 0.6) is 0 Å². The Labute approximate surface area is 117 Å². The smallest absolute Gasteiger partial charge is 0.241 e. The van der Waals surface area contributed by atoms with Gasteiger partial charge in [-0.3, -0.25) is 0 Å². The lowest BCUT2D eigenvalue weighted by Gasteiger charge is -2.23. The van der Waals surface area contributed by atoms with Crippen LogP contribution in [0, 0.1) is 11.6 Å². The number of halogens is 3. The zero-order valence-corrected chi connectivity index (χ0v) is 11.7. The molecule has 1 aliphatic heterocycles. The van der Waals surface area contributed by atoms with Gasteiger partial charge in [0.05, 0.1) is 4.90 Å². The molecule has 1 aromatic carbocycles. The number of piperidine rings is 1. The zero-order chi connectivity index (χ0) is 13.2. The molecule has 8 heteroatoms. The van der Waals surface area contributed by atoms with Gasteiger partial charge in [-0.25, -0.2) is 21.9 Å². The highest BCUT2D eigenvalue weighted by Crippen LogP contribution is 2.15. The first-order valence-corrected chi connectivity index (χ1v) is 7.15. The maximum atomic E-state index is 13.0. The molecule has 4 nitrogen and oxygen atoms in total. The van der Waals surface area contributed by atoms with Crippen molar-refractivity contribution < 1.29 is 17.2 Å². The Kier molecular flexibility index (Phi) is 5.66. The number of hydrogen-bond acceptors (Lipinski definition) is 3. The Hall–Kier alpha value is -0.760. The van der Waals surface area contributed by atoms with Gasteiger partial charge in [0.2, 0.25) is 10.0 Å². The van der Waals surface area contributed by atoms with E-state index < -0.39 is 21.7 Å². The SMILES string of the molecule is Cl.O=S(=O)(N[C@@H]1CCCNC1)c1cc(F)cc(F)c1. The minimum atomic E-state index is -3.87. The zero-order valence-electron chi connectivity index (χ0n) is 10.0. The van der Waals surface area contributed by atoms with E-state index in [0.29, 0.717) is 19.0 Å². The average Bonchev–Trinajstić information content (AvgIpc) is 2.28. The molecule has 0 radical (unpaired) electrons. The monoisotopic (exact) mass is 312 g/mol. The molecule has 108 valence electrons. The minimum Gasteiger partial charge on any atom is -0.315 e. The van der Waals surface area contributed by atoms with E-state index in [0.717, 1.165) is 25.1 Å². The van der Waals surface area contributed by atoms with Crippen LogP contribution in [0.25, 0.3) is 0 Å². The second kappa shape index (κ2) is 6.60. The first kappa shape index (κ1) is 16.3. The van der Waals surface area contributed by atoms with Gasteiger partial charge in [0.1, 0.15) is 11.6 Å². The van der Waals surface area contributed by atoms with Crippen LogP contribution in [0.1, 0.15) is 12.8 Å². The summed E-state index contributed by atoms with van der Waals surface area (Å²) in [4.78, 5) is -0.384. The van der Waals surface area contributed by atoms with Crippen LogP contribution < -0.4 is 10.0 Å². The van der Waals surface area contributed by atoms with Crippen molar-refractivity contribution in [2.45, 2.75) is 23.8 Å². The standard InChI is InChI=1S/C11H14F2N2O2S.ClH/c12-8-4-9(13)6-11(5-8)18(16,17)15-10-2-1-3-14-7-10;/h4-6,10,14-15H,1-3,7H2;1H/t10-;/m1./s1. The number of benzene rings is 1. The highest BCUT2D eigenvalue weighted by molar-refractivity contribution is 7.89. The fourth-order valence-electron chi connectivity index (χ4n) is 1.92. The second-order valence-corrected chi connectivity index (χ2v) is 5.98. The lowest BCUT2D eigenvalue weighted by atomic mass is 10.1. The van der Waals surface area contributed by atoms with Gasteiger partial charge >= 0.3 is 0 Å². The molecule has 0 aromatic heterocycles. The van der Waals surface area contributed by atoms with Crippen LogP contribution in [0.3, 0.4) is 0 Å². The van der Waals surface area contributed by atoms with E-state index >= 15 is 0 Å². The summed E-state index contributed by atoms with van der Waals surface area (Å²) in [7, 11) is -3.87. The number of rotatable bonds is 3. The van der Waals surface area contributed by atoms with Gasteiger partial charge in [-0.05, 0) is 31.5 Å². The maximum Gasteiger partial charge on any atom is 0.241 e. The van der Waals surface area contributed by atoms with E-state index in [1.54, 1.807) is 0 Å². The van der Waals surface area contributed by atoms with Crippen LogP contribution in [0.4, 0.5) is 8.78 Å². The van der Waals surface area contributed by atoms with E-state index in [2.05, 4.69) is 10.0 Å². The Morgan fingerprint density at radius 3 is 2.37 bits per heavy atom. The quantitative estimate of drug-likeness (QED) is 0.887. The highest BCUT2D eigenvalue weighted by Gasteiger charge is 2.22. The van der Waals surface area contributed by atoms with E-state index in [1.165, 1.54) is 0 Å². The van der Waals surface area contributed by atoms with Crippen molar-refractivity contribution >= 4 is 22.4 Å². The number of sulfonamides is 1. The number of hydrogen-bond donors (Lipinski definition) is 2. The summed E-state index contributed by atoms with van der Waals surface area (Å²) in [6.07, 6.45) is 1.58. The molecule has 1 fully saturated rings. The molecule has 0 aliphatic carbocycles. The third-order valence-corrected chi connectivity index (χ3v) is 4.27. The summed E-state index contributed by atoms with van der Waals surface area (Å²) in [5.41, 5.74) is 0. The highest BCUT2D eigenvalue weighted by atomic mass is 35.5. The third kappa shape index (κ3) is 4.38. The van der Waals surface area contributed by atoms with Crippen LogP contribution in [-0.2, 0) is 10.0 Å². The molecule has 1 aromatic rings. The summed E-state index contributed by atoms with van der Waals surface area (Å²) in [6.45, 7) is 1.38. The van der Waals surface area contributed by atoms with Gasteiger partial charge in [0, 0.05) is 18.7 Å². The van der Waals surface area contributed by atoms with Crippen LogP contribution in [0.2, 0.25) is 0 Å². The Morgan fingerprint density at radius 1 is 1.21 bits per heavy atom. The lowest BCUT2D eigenvalue weighted by molar-refractivity contribution is 0.428. The van der Waals surface area contributed by atoms with Gasteiger partial charge in [0.25, 0.3) is 0 Å². The van der Waals surface area contributed by atoms with Crippen molar-refractivity contribution in [1.82, 2.24) is 10.0 Å². The lowest BCUT2D eigenvalue weighted by Crippen LogP contribution is -2.45. The molecule has 19 heavy (non-hydrogen) atoms. The predicted molar refractivity (Wildman–Crippen MR) is 69.8 cm³/mol. The summed E-state index contributed by atoms with van der Waals surface area (Å²) in [5, 5.41) is 3.06. The van der Waals surface area contributed by atoms with E-state index in [1.807, 2.05) is 0 Å². The molecule has 1 saturated heterocycles. The second-order valence-electron chi connectivity index (χ2n) is 4.27. The minimum absolute atomic E-state index is 0. The fourth-order valence-corrected chi connectivity index (χ4v) is 3.24. The third-order valence-electron chi connectivity index (χ3n) is 2.77. The van der Waals surface area contributed by atoms with Crippen LogP contribution in [-0.4, -0.2) is 27.5 Å². The topological polar surface area (TPSA) is 58.2 Å². The summed E-state index contributed by atoms with van der Waals surface area (Å²) < 4.78 is 52.3. The average molecular weight is 313 g/mol. The molecule has 2 N–H and O–H groups in total. The molecular formula is C11H15ClF2N2O2S. The van der Waals surface area contributed by atoms with Crippen molar-refractivity contribution in [1.29, 1.82) is 0 Å². The van der Waals surface area contributed by atoms with Gasteiger partial charge in [0.15, 0.2) is 0 Å². The Bertz CT molecular complexity index is 513. The maximum absolute atomic E-state index is 13.0. The largest absolute Gasteiger partial charge is 0.315 e. The fraction of sp³-hybridized carbons (Fsp3) is 0.455. The summed E-state index contributed by atoms with van der Waals surface area (Å²) >= 11 is 0. The Morgan fingerprint density at radius 2 is 1.84 bits per heavy atom. The molecule has 1 heterocycles. The molecule has 0 saturated carbocycles. The molecule has 0 unspecified atom stereocenters. The van der Waals surface area contributed by atoms with E-state index in [-0.39, 0.29) is 23.3 Å². The molecular weight excluding hydrogens is 298 g/mol. The van der Waals surface area contributed by atoms with Gasteiger partial charge in [-0.2, -0.15) is 0 Å². The van der Waals surface area contributed by atoms with Crippen molar-refractivity contribution in [3.05, 3.63) is 29.8 Å². The van der Waals surface area contributed by atoms with Crippen LogP contribution in [0.15, 0.2) is 23.1 Å². The molecule has 0 amide bonds. The van der Waals surface area contributed by atoms with Gasteiger partial charge in [-0.15, -0.1) is 12.4 Å². The molecule has 1 aliphatic rings. The summed E-state index contributed by atoms with van der Waals surface area (Å²) in [5.74, 6) is -1.81. The van der Waals surface area contributed by atoms with Crippen LogP contribution >= 0.6 is 12.4 Å². The Balaban J connectivity index is 0.00000180. The first-order chi connectivity index (χ1) is 8.47. The normalized spacial score (nSPS) is 19.8. The van der Waals surface area contributed by atoms with Gasteiger partial charge in [-0.1, -0.05) is 0 Å². The van der Waals surface area contributed by atoms with Crippen molar-refractivity contribution in [2.24, 2.45) is 0 Å². The molecule has 2 rings (SSSR count). The van der Waals surface area contributed by atoms with E-state index in [4.69, 9.17) is 0 Å². The molecule has 1 atom stereocenters. The van der Waals surface area contributed by atoms with Crippen molar-refractivity contribution in [2.75, 3.05) is 13.1 Å².